The molecule has 3 aromatic rings. The molecule has 0 aliphatic heterocycles. The van der Waals surface area contributed by atoms with Crippen molar-refractivity contribution in [1.29, 1.82) is 0 Å². The van der Waals surface area contributed by atoms with E-state index < -0.39 is 0 Å². The van der Waals surface area contributed by atoms with Crippen LogP contribution in [0.5, 0.6) is 11.5 Å². The van der Waals surface area contributed by atoms with Gasteiger partial charge in [0.05, 0.1) is 24.9 Å². The monoisotopic (exact) mass is 602 g/mol. The summed E-state index contributed by atoms with van der Waals surface area (Å²) in [7, 11) is 3.33. The van der Waals surface area contributed by atoms with Crippen LogP contribution in [0.2, 0.25) is 10.0 Å². The molecular formula is C24H25Cl2IN2O2S. The van der Waals surface area contributed by atoms with Gasteiger partial charge in [0.25, 0.3) is 0 Å². The maximum absolute atomic E-state index is 6.37. The summed E-state index contributed by atoms with van der Waals surface area (Å²) in [4.78, 5) is 7.05. The third kappa shape index (κ3) is 7.47. The highest BCUT2D eigenvalue weighted by atomic mass is 127. The number of aliphatic imine (C=N–C) groups is 1. The van der Waals surface area contributed by atoms with Gasteiger partial charge < -0.3 is 14.4 Å². The van der Waals surface area contributed by atoms with E-state index in [9.17, 15) is 0 Å². The molecule has 0 aliphatic rings. The van der Waals surface area contributed by atoms with Crippen LogP contribution in [-0.4, -0.2) is 30.5 Å². The molecule has 0 atom stereocenters. The fourth-order valence-electron chi connectivity index (χ4n) is 3.01. The number of methoxy groups -OCH3 is 2. The van der Waals surface area contributed by atoms with Gasteiger partial charge in [-0.05, 0) is 59.8 Å². The van der Waals surface area contributed by atoms with E-state index in [1.165, 1.54) is 0 Å². The van der Waals surface area contributed by atoms with Gasteiger partial charge in [-0.15, -0.1) is 24.0 Å². The van der Waals surface area contributed by atoms with Crippen molar-refractivity contribution in [1.82, 2.24) is 4.90 Å². The average molecular weight is 603 g/mol. The summed E-state index contributed by atoms with van der Waals surface area (Å²) < 4.78 is 10.6. The van der Waals surface area contributed by atoms with Gasteiger partial charge in [-0.3, -0.25) is 0 Å². The number of hydrogen-bond donors (Lipinski definition) is 0. The Bertz CT molecular complexity index is 982. The van der Waals surface area contributed by atoms with Crippen molar-refractivity contribution in [3.63, 3.8) is 0 Å². The van der Waals surface area contributed by atoms with Crippen LogP contribution < -0.4 is 9.47 Å². The fraction of sp³-hybridized carbons (Fsp3) is 0.208. The zero-order chi connectivity index (χ0) is 22.2. The van der Waals surface area contributed by atoms with E-state index in [0.717, 1.165) is 27.8 Å². The predicted molar refractivity (Wildman–Crippen MR) is 148 cm³/mol. The van der Waals surface area contributed by atoms with Crippen LogP contribution in [0.1, 0.15) is 11.1 Å². The number of halogens is 3. The molecule has 3 rings (SSSR count). The van der Waals surface area contributed by atoms with Crippen LogP contribution in [0.15, 0.2) is 71.7 Å². The summed E-state index contributed by atoms with van der Waals surface area (Å²) in [6.45, 7) is 1.35. The molecule has 0 unspecified atom stereocenters. The van der Waals surface area contributed by atoms with E-state index in [4.69, 9.17) is 37.7 Å². The molecule has 0 aromatic heterocycles. The lowest BCUT2D eigenvalue weighted by atomic mass is 10.1. The van der Waals surface area contributed by atoms with Crippen LogP contribution >= 0.6 is 58.9 Å². The molecule has 32 heavy (non-hydrogen) atoms. The number of thioether (sulfide) groups is 1. The minimum Gasteiger partial charge on any atom is -0.497 e. The molecular weight excluding hydrogens is 578 g/mol. The molecule has 0 bridgehead atoms. The molecule has 0 amide bonds. The second kappa shape index (κ2) is 13.2. The highest BCUT2D eigenvalue weighted by Gasteiger charge is 2.14. The second-order valence-corrected chi connectivity index (χ2v) is 8.36. The molecule has 0 fully saturated rings. The highest BCUT2D eigenvalue weighted by Crippen LogP contribution is 2.30. The van der Waals surface area contributed by atoms with Gasteiger partial charge in [0.15, 0.2) is 5.17 Å². The van der Waals surface area contributed by atoms with E-state index in [-0.39, 0.29) is 24.0 Å². The number of rotatable bonds is 7. The molecule has 0 spiro atoms. The molecule has 0 radical (unpaired) electrons. The zero-order valence-corrected chi connectivity index (χ0v) is 22.7. The van der Waals surface area contributed by atoms with Crippen molar-refractivity contribution in [2.45, 2.75) is 13.1 Å². The average Bonchev–Trinajstić information content (AvgIpc) is 2.80. The third-order valence-corrected chi connectivity index (χ3v) is 5.91. The predicted octanol–water partition coefficient (Wildman–Crippen LogP) is 7.68. The molecule has 0 saturated carbocycles. The summed E-state index contributed by atoms with van der Waals surface area (Å²) in [5.41, 5.74) is 2.94. The van der Waals surface area contributed by atoms with Crippen LogP contribution in [0.4, 0.5) is 5.69 Å². The molecule has 3 aromatic carbocycles. The first-order valence-electron chi connectivity index (χ1n) is 9.61. The summed E-state index contributed by atoms with van der Waals surface area (Å²) in [5, 5.41) is 2.00. The van der Waals surface area contributed by atoms with Gasteiger partial charge in [0, 0.05) is 18.1 Å². The number of amidine groups is 1. The van der Waals surface area contributed by atoms with Gasteiger partial charge in [0.1, 0.15) is 11.5 Å². The molecule has 0 saturated heterocycles. The van der Waals surface area contributed by atoms with Crippen LogP contribution in [-0.2, 0) is 13.1 Å². The lowest BCUT2D eigenvalue weighted by Gasteiger charge is -2.26. The van der Waals surface area contributed by atoms with Crippen molar-refractivity contribution in [2.24, 2.45) is 4.99 Å². The summed E-state index contributed by atoms with van der Waals surface area (Å²) in [5.74, 6) is 1.66. The first-order chi connectivity index (χ1) is 15.0. The Morgan fingerprint density at radius 2 is 1.34 bits per heavy atom. The Hall–Kier alpha value is -1.61. The topological polar surface area (TPSA) is 34.1 Å². The van der Waals surface area contributed by atoms with Gasteiger partial charge in [-0.1, -0.05) is 59.2 Å². The summed E-state index contributed by atoms with van der Waals surface area (Å²) in [6.07, 6.45) is 2.01. The first-order valence-corrected chi connectivity index (χ1v) is 11.6. The Morgan fingerprint density at radius 3 is 1.78 bits per heavy atom. The largest absolute Gasteiger partial charge is 0.497 e. The van der Waals surface area contributed by atoms with E-state index in [0.29, 0.717) is 28.8 Å². The summed E-state index contributed by atoms with van der Waals surface area (Å²) >= 11 is 14.1. The lowest BCUT2D eigenvalue weighted by molar-refractivity contribution is 0.405. The van der Waals surface area contributed by atoms with Crippen LogP contribution in [0.25, 0.3) is 0 Å². The SMILES string of the molecule is COc1ccc(CN(Cc2ccc(OC)cc2)C(=Nc2cc(Cl)ccc2Cl)SC)cc1.I. The fourth-order valence-corrected chi connectivity index (χ4v) is 3.92. The molecule has 0 N–H and O–H groups in total. The molecule has 0 heterocycles. The maximum Gasteiger partial charge on any atom is 0.164 e. The quantitative estimate of drug-likeness (QED) is 0.158. The van der Waals surface area contributed by atoms with E-state index in [1.807, 2.05) is 30.5 Å². The molecule has 170 valence electrons. The Kier molecular flexibility index (Phi) is 11.0. The normalized spacial score (nSPS) is 11.0. The standard InChI is InChI=1S/C24H24Cl2N2O2S.HI/c1-29-20-9-4-17(5-10-20)15-28(16-18-6-11-21(30-2)12-7-18)24(31-3)27-23-14-19(25)8-13-22(23)26;/h4-14H,15-16H2,1-3H3;1H. The van der Waals surface area contributed by atoms with E-state index in [1.54, 1.807) is 44.2 Å². The Morgan fingerprint density at radius 1 is 0.844 bits per heavy atom. The molecule has 0 aliphatic carbocycles. The van der Waals surface area contributed by atoms with Crippen LogP contribution in [0.3, 0.4) is 0 Å². The third-order valence-electron chi connectivity index (χ3n) is 4.64. The van der Waals surface area contributed by atoms with Crippen molar-refractivity contribution < 1.29 is 9.47 Å². The van der Waals surface area contributed by atoms with Gasteiger partial charge in [-0.25, -0.2) is 4.99 Å². The van der Waals surface area contributed by atoms with Gasteiger partial charge in [0.2, 0.25) is 0 Å². The number of ether oxygens (including phenoxy) is 2. The van der Waals surface area contributed by atoms with Gasteiger partial charge >= 0.3 is 0 Å². The highest BCUT2D eigenvalue weighted by molar-refractivity contribution is 14.0. The smallest absolute Gasteiger partial charge is 0.164 e. The lowest BCUT2D eigenvalue weighted by Crippen LogP contribution is -2.27. The Balaban J connectivity index is 0.00000363. The molecule has 4 nitrogen and oxygen atoms in total. The van der Waals surface area contributed by atoms with Crippen molar-refractivity contribution in [3.05, 3.63) is 87.9 Å². The van der Waals surface area contributed by atoms with Crippen LogP contribution in [0, 0.1) is 0 Å². The minimum absolute atomic E-state index is 0. The summed E-state index contributed by atoms with van der Waals surface area (Å²) in [6, 6.07) is 21.4. The Labute approximate surface area is 220 Å². The van der Waals surface area contributed by atoms with E-state index >= 15 is 0 Å². The number of nitrogens with zero attached hydrogens (tertiary/aromatic N) is 2. The van der Waals surface area contributed by atoms with Crippen molar-refractivity contribution >= 4 is 69.8 Å². The number of hydrogen-bond acceptors (Lipinski definition) is 4. The van der Waals surface area contributed by atoms with Crippen molar-refractivity contribution in [2.75, 3.05) is 20.5 Å². The maximum atomic E-state index is 6.37. The molecule has 8 heteroatoms. The number of benzene rings is 3. The van der Waals surface area contributed by atoms with Crippen molar-refractivity contribution in [3.8, 4) is 11.5 Å². The zero-order valence-electron chi connectivity index (χ0n) is 18.0. The van der Waals surface area contributed by atoms with Gasteiger partial charge in [-0.2, -0.15) is 0 Å². The van der Waals surface area contributed by atoms with E-state index in [2.05, 4.69) is 29.2 Å². The second-order valence-electron chi connectivity index (χ2n) is 6.75. The minimum atomic E-state index is 0. The first kappa shape index (κ1) is 26.6.